The van der Waals surface area contributed by atoms with E-state index in [1.165, 1.54) is 295 Å². The zero-order valence-electron chi connectivity index (χ0n) is 60.6. The lowest BCUT2D eigenvalue weighted by Crippen LogP contribution is -2.56. The zero-order valence-corrected chi connectivity index (χ0v) is 60.6. The molecule has 0 fully saturated rings. The molecule has 0 heterocycles. The molecule has 0 amide bonds. The van der Waals surface area contributed by atoms with Crippen molar-refractivity contribution in [2.45, 2.75) is 5.82 Å². The van der Waals surface area contributed by atoms with Crippen LogP contribution >= 0.6 is 0 Å². The van der Waals surface area contributed by atoms with Crippen LogP contribution in [0, 0.1) is 0 Å². The second kappa shape index (κ2) is 21.1. The molecule has 0 spiro atoms. The molecule has 11 aromatic rings. The summed E-state index contributed by atoms with van der Waals surface area (Å²) in [7, 11) is 79.9. The van der Waals surface area contributed by atoms with Gasteiger partial charge < -0.3 is 0 Å². The minimum atomic E-state index is 0.219. The normalized spacial score (nSPS) is 13.0. The smallest absolute Gasteiger partial charge is 0.102 e. The van der Waals surface area contributed by atoms with Crippen molar-refractivity contribution in [3.05, 3.63) is 11.1 Å². The number of rotatable bonds is 5. The van der Waals surface area contributed by atoms with Gasteiger partial charge in [-0.1, -0.05) is 137 Å². The molecule has 12 rings (SSSR count). The molecule has 0 N–H and O–H groups in total. The van der Waals surface area contributed by atoms with Crippen LogP contribution in [0.15, 0.2) is 0 Å². The Morgan fingerprint density at radius 3 is 0.636 bits per heavy atom. The van der Waals surface area contributed by atoms with Crippen LogP contribution in [0.2, 0.25) is 0 Å². The fourth-order valence-corrected chi connectivity index (χ4v) is 19.2. The highest BCUT2D eigenvalue weighted by atomic mass is 14.4. The molecule has 1 aliphatic rings. The molecule has 0 radical (unpaired) electrons. The van der Waals surface area contributed by atoms with Crippen molar-refractivity contribution in [3.8, 4) is 55.6 Å². The Hall–Kier alpha value is -4.88. The third-order valence-corrected chi connectivity index (χ3v) is 26.1. The summed E-state index contributed by atoms with van der Waals surface area (Å²) in [6, 6.07) is 0. The Bertz CT molecular complexity index is 5190. The summed E-state index contributed by atoms with van der Waals surface area (Å²) in [4.78, 5) is 0. The first-order valence-corrected chi connectivity index (χ1v) is 33.2. The first-order valence-electron chi connectivity index (χ1n) is 33.2. The Morgan fingerprint density at radius 1 is 0.114 bits per heavy atom. The molecular weight excluding hydrogens is 1020 g/mol. The van der Waals surface area contributed by atoms with Crippen LogP contribution in [0.3, 0.4) is 0 Å². The quantitative estimate of drug-likeness (QED) is 0.119. The molecule has 0 nitrogen and oxygen atoms in total. The van der Waals surface area contributed by atoms with E-state index in [1.807, 2.05) is 0 Å². The van der Waals surface area contributed by atoms with E-state index in [1.54, 1.807) is 0 Å². The number of hydrogen-bond donors (Lipinski definition) is 0. The van der Waals surface area contributed by atoms with Gasteiger partial charge in [0.15, 0.2) is 0 Å². The van der Waals surface area contributed by atoms with Gasteiger partial charge in [-0.05, 0) is 126 Å². The van der Waals surface area contributed by atoms with Crippen molar-refractivity contribution in [2.75, 3.05) is 0 Å². The van der Waals surface area contributed by atoms with Crippen LogP contribution in [0.4, 0.5) is 0 Å². The van der Waals surface area contributed by atoms with Crippen molar-refractivity contribution in [1.29, 1.82) is 0 Å². The molecule has 0 aliphatic heterocycles. The van der Waals surface area contributed by atoms with Gasteiger partial charge in [0, 0.05) is 0 Å². The fourth-order valence-electron chi connectivity index (χ4n) is 19.2. The molecule has 88 heavy (non-hydrogen) atoms. The maximum atomic E-state index is 2.55. The second-order valence-electron chi connectivity index (χ2n) is 29.0. The summed E-state index contributed by atoms with van der Waals surface area (Å²) in [5, 5.41) is 14.7. The molecule has 0 saturated heterocycles. The van der Waals surface area contributed by atoms with Crippen LogP contribution in [-0.2, 0) is 0 Å². The third kappa shape index (κ3) is 7.76. The lowest BCUT2D eigenvalue weighted by molar-refractivity contribution is 1.23. The van der Waals surface area contributed by atoms with E-state index in [-0.39, 0.29) is 5.82 Å². The summed E-state index contributed by atoms with van der Waals surface area (Å²) in [5.41, 5.74) is 62.6. The lowest BCUT2D eigenvalue weighted by Gasteiger charge is -2.33. The summed E-state index contributed by atoms with van der Waals surface area (Å²) in [6.07, 6.45) is 0. The molecule has 1 atom stereocenters. The average molecular weight is 1080 g/mol. The van der Waals surface area contributed by atoms with E-state index in [0.717, 1.165) is 0 Å². The van der Waals surface area contributed by atoms with Gasteiger partial charge in [0.05, 0.1) is 0 Å². The highest BCUT2D eigenvalue weighted by molar-refractivity contribution is 6.78. The van der Waals surface area contributed by atoms with Crippen LogP contribution in [0.1, 0.15) is 16.9 Å². The predicted octanol–water partition coefficient (Wildman–Crippen LogP) is -41.5. The minimum Gasteiger partial charge on any atom is -0.102 e. The van der Waals surface area contributed by atoms with Crippen molar-refractivity contribution < 1.29 is 0 Å². The lowest BCUT2D eigenvalue weighted by atomic mass is 9.54. The molecule has 33 heteroatoms. The zero-order chi connectivity index (χ0) is 64.8. The fraction of sp³-hybridized carbons (Fsp3) is 0.0182. The van der Waals surface area contributed by atoms with Gasteiger partial charge in [-0.3, -0.25) is 0 Å². The van der Waals surface area contributed by atoms with Gasteiger partial charge in [-0.2, -0.15) is 0 Å². The van der Waals surface area contributed by atoms with Gasteiger partial charge >= 0.3 is 0 Å². The van der Waals surface area contributed by atoms with Crippen LogP contribution in [0.25, 0.3) is 109 Å². The molecule has 1 aliphatic carbocycles. The number of benzene rings is 11. The minimum absolute atomic E-state index is 0.219. The van der Waals surface area contributed by atoms with E-state index in [2.05, 4.69) is 259 Å². The van der Waals surface area contributed by atoms with Crippen molar-refractivity contribution in [2.24, 2.45) is 0 Å². The molecule has 0 bridgehead atoms. The highest BCUT2D eigenvalue weighted by Gasteiger charge is 2.37. The van der Waals surface area contributed by atoms with Crippen LogP contribution in [0.5, 0.6) is 0 Å². The molecule has 386 valence electrons. The third-order valence-electron chi connectivity index (χ3n) is 26.1. The first kappa shape index (κ1) is 63.3. The van der Waals surface area contributed by atoms with E-state index in [4.69, 9.17) is 0 Å². The first-order chi connectivity index (χ1) is 41.1. The topological polar surface area (TPSA) is 0 Å². The van der Waals surface area contributed by atoms with Crippen LogP contribution < -0.4 is 175 Å². The van der Waals surface area contributed by atoms with Gasteiger partial charge in [-0.25, -0.2) is 0 Å². The average Bonchev–Trinajstić information content (AvgIpc) is 1.34. The highest BCUT2D eigenvalue weighted by Crippen LogP contribution is 2.46. The Kier molecular flexibility index (Phi) is 15.2. The maximum absolute atomic E-state index is 2.55. The van der Waals surface area contributed by atoms with Crippen LogP contribution in [-0.4, -0.2) is 259 Å². The van der Waals surface area contributed by atoms with Crippen molar-refractivity contribution in [1.82, 2.24) is 0 Å². The predicted molar refractivity (Wildman–Crippen MR) is 504 cm³/mol. The Labute approximate surface area is 555 Å². The van der Waals surface area contributed by atoms with Gasteiger partial charge in [-0.15, -0.1) is 38.2 Å². The SMILES string of the molecule is Bc1c(B)c(B)c(-c2c(B)c(B)c3c4c2c(B)c(B)c2c(B)c(B)c(-c5c(B)c(B)c(B)c(-c6c(B)c(B)c(B)c(-c7c(B)c(B)c(B)c(-c8c(B)c(B)c9c(B)c(B)c%10c(B)c(B)c(B)c%11c(B)c(B)c8c9c%10%11)c7B)c6B)c5B)c(c24)C3B)c(B)c1B. The van der Waals surface area contributed by atoms with E-state index in [0.29, 0.717) is 0 Å². The molecule has 11 aromatic carbocycles. The summed E-state index contributed by atoms with van der Waals surface area (Å²) in [6.45, 7) is 0. The Balaban J connectivity index is 1.17. The molecule has 1 unspecified atom stereocenters. The Morgan fingerprint density at radius 2 is 0.284 bits per heavy atom. The second-order valence-corrected chi connectivity index (χ2v) is 29.0. The van der Waals surface area contributed by atoms with Gasteiger partial charge in [0.2, 0.25) is 0 Å². The number of hydrogen-bond acceptors (Lipinski definition) is 0. The summed E-state index contributed by atoms with van der Waals surface area (Å²) < 4.78 is 0. The van der Waals surface area contributed by atoms with Crippen molar-refractivity contribution >= 4 is 488 Å². The molecular formula is C55H67B33. The molecule has 0 saturated carbocycles. The standard InChI is InChI=1S/C55H67B33/c56-23-5-1-2-6(10(31(64)32(65)11(2)23)18-43(76)53(86)55(88)54(87)44(18)77)27(60)33(66)12(1)34(67)29(62)8(5)16-24(57)19(45(78)50(83)41(16)74)21-26(59)22(48(81)52(85)47(21)80)20-25(58)17(42(75)51(84)46(20)79)9-7-3-4-14(36(69)28(7)61)39(72)49(82)40(73)15(4)38(71)37(70)13(3)35(68)30(9)63/h23H,56-88H2. The van der Waals surface area contributed by atoms with Gasteiger partial charge in [0.1, 0.15) is 259 Å². The van der Waals surface area contributed by atoms with Gasteiger partial charge in [0.25, 0.3) is 0 Å². The maximum Gasteiger partial charge on any atom is 0.140 e. The van der Waals surface area contributed by atoms with E-state index in [9.17, 15) is 0 Å². The summed E-state index contributed by atoms with van der Waals surface area (Å²) in [5.74, 6) is 0.219. The van der Waals surface area contributed by atoms with Crippen molar-refractivity contribution in [3.63, 3.8) is 0 Å². The largest absolute Gasteiger partial charge is 0.140 e. The van der Waals surface area contributed by atoms with E-state index < -0.39 is 0 Å². The monoisotopic (exact) mass is 1090 g/mol. The molecule has 0 aromatic heterocycles. The van der Waals surface area contributed by atoms with E-state index >= 15 is 0 Å². The summed E-state index contributed by atoms with van der Waals surface area (Å²) >= 11 is 0.